The Bertz CT molecular complexity index is 1340. The van der Waals surface area contributed by atoms with Crippen molar-refractivity contribution in [1.29, 1.82) is 0 Å². The van der Waals surface area contributed by atoms with Crippen molar-refractivity contribution in [2.75, 3.05) is 70.6 Å². The number of morpholine rings is 2. The molecule has 1 N–H and O–H groups in total. The van der Waals surface area contributed by atoms with Crippen LogP contribution in [0.4, 0.5) is 5.82 Å². The molecule has 182 valence electrons. The zero-order valence-corrected chi connectivity index (χ0v) is 20.5. The summed E-state index contributed by atoms with van der Waals surface area (Å²) in [6.45, 7) is 9.93. The predicted octanol–water partition coefficient (Wildman–Crippen LogP) is 2.59. The van der Waals surface area contributed by atoms with Gasteiger partial charge in [0.2, 0.25) is 0 Å². The number of aromatic nitrogens is 4. The van der Waals surface area contributed by atoms with Gasteiger partial charge in [0.05, 0.1) is 33.0 Å². The number of nitrogens with one attached hydrogen (secondary N) is 1. The summed E-state index contributed by atoms with van der Waals surface area (Å²) in [4.78, 5) is 26.8. The molecule has 3 aromatic heterocycles. The number of fused-ring (bicyclic) bond motifs is 2. The van der Waals surface area contributed by atoms with Crippen LogP contribution in [0.5, 0.6) is 0 Å². The molecule has 7 rings (SSSR count). The van der Waals surface area contributed by atoms with Crippen LogP contribution in [0.25, 0.3) is 32.6 Å². The maximum Gasteiger partial charge on any atom is 0.165 e. The average molecular weight is 492 g/mol. The van der Waals surface area contributed by atoms with E-state index in [0.717, 1.165) is 102 Å². The van der Waals surface area contributed by atoms with Gasteiger partial charge >= 0.3 is 0 Å². The molecule has 3 fully saturated rings. The zero-order valence-electron chi connectivity index (χ0n) is 19.7. The molecule has 4 aromatic rings. The molecule has 1 aromatic carbocycles. The van der Waals surface area contributed by atoms with Crippen LogP contribution in [0.1, 0.15) is 5.01 Å². The Morgan fingerprint density at radius 2 is 1.71 bits per heavy atom. The highest BCUT2D eigenvalue weighted by molar-refractivity contribution is 7.18. The van der Waals surface area contributed by atoms with E-state index in [1.54, 1.807) is 11.3 Å². The van der Waals surface area contributed by atoms with Gasteiger partial charge in [0.1, 0.15) is 15.4 Å². The third-order valence-electron chi connectivity index (χ3n) is 7.28. The number of aromatic amines is 1. The molecule has 10 heteroatoms. The van der Waals surface area contributed by atoms with Gasteiger partial charge in [-0.3, -0.25) is 9.80 Å². The second kappa shape index (κ2) is 9.11. The van der Waals surface area contributed by atoms with Crippen molar-refractivity contribution in [1.82, 2.24) is 29.7 Å². The number of hydrogen-bond acceptors (Lipinski definition) is 9. The molecule has 0 unspecified atom stereocenters. The smallest absolute Gasteiger partial charge is 0.165 e. The molecule has 0 radical (unpaired) electrons. The Balaban J connectivity index is 1.20. The molecule has 0 bridgehead atoms. The van der Waals surface area contributed by atoms with Crippen LogP contribution in [0, 0.1) is 0 Å². The van der Waals surface area contributed by atoms with Crippen molar-refractivity contribution < 1.29 is 9.47 Å². The number of anilines is 1. The number of para-hydroxylation sites is 1. The highest BCUT2D eigenvalue weighted by atomic mass is 32.1. The lowest BCUT2D eigenvalue weighted by Crippen LogP contribution is -2.60. The molecule has 9 nitrogen and oxygen atoms in total. The summed E-state index contributed by atoms with van der Waals surface area (Å²) in [7, 11) is 0. The van der Waals surface area contributed by atoms with Crippen molar-refractivity contribution in [3.8, 4) is 11.4 Å². The normalized spacial score (nSPS) is 20.6. The summed E-state index contributed by atoms with van der Waals surface area (Å²) in [6, 6.07) is 8.95. The number of thiazole rings is 1. The zero-order chi connectivity index (χ0) is 23.2. The van der Waals surface area contributed by atoms with Crippen LogP contribution in [0.2, 0.25) is 0 Å². The molecule has 3 aliphatic rings. The van der Waals surface area contributed by atoms with E-state index < -0.39 is 0 Å². The van der Waals surface area contributed by atoms with Gasteiger partial charge in [-0.15, -0.1) is 0 Å². The maximum absolute atomic E-state index is 5.61. The van der Waals surface area contributed by atoms with E-state index in [-0.39, 0.29) is 0 Å². The molecule has 3 aliphatic heterocycles. The van der Waals surface area contributed by atoms with Gasteiger partial charge in [-0.25, -0.2) is 15.0 Å². The van der Waals surface area contributed by atoms with Gasteiger partial charge in [0.25, 0.3) is 0 Å². The Morgan fingerprint density at radius 3 is 2.54 bits per heavy atom. The Kier molecular flexibility index (Phi) is 5.63. The second-order valence-electron chi connectivity index (χ2n) is 9.48. The van der Waals surface area contributed by atoms with Gasteiger partial charge in [0.15, 0.2) is 11.6 Å². The lowest BCUT2D eigenvalue weighted by atomic mass is 10.1. The van der Waals surface area contributed by atoms with Crippen LogP contribution in [-0.4, -0.2) is 101 Å². The maximum atomic E-state index is 5.61. The molecule has 35 heavy (non-hydrogen) atoms. The van der Waals surface area contributed by atoms with E-state index in [2.05, 4.69) is 37.9 Å². The van der Waals surface area contributed by atoms with Crippen molar-refractivity contribution in [2.45, 2.75) is 12.6 Å². The lowest BCUT2D eigenvalue weighted by molar-refractivity contribution is -0.0344. The van der Waals surface area contributed by atoms with Crippen molar-refractivity contribution in [3.05, 3.63) is 35.5 Å². The Labute approximate surface area is 207 Å². The lowest BCUT2D eigenvalue weighted by Gasteiger charge is -2.46. The first kappa shape index (κ1) is 21.6. The summed E-state index contributed by atoms with van der Waals surface area (Å²) >= 11 is 1.70. The number of nitrogens with zero attached hydrogens (tertiary/aromatic N) is 6. The van der Waals surface area contributed by atoms with E-state index in [9.17, 15) is 0 Å². The molecule has 0 atom stereocenters. The highest BCUT2D eigenvalue weighted by Gasteiger charge is 2.33. The largest absolute Gasteiger partial charge is 0.379 e. The SMILES string of the molecule is c1ccc2c(-c3nc(N4CCOCC4)c4nc(CN5CC(N6CCOCC6)C5)sc4n3)c[nH]c2c1. The Morgan fingerprint density at radius 1 is 0.943 bits per heavy atom. The summed E-state index contributed by atoms with van der Waals surface area (Å²) < 4.78 is 11.1. The molecule has 3 saturated heterocycles. The van der Waals surface area contributed by atoms with Gasteiger partial charge < -0.3 is 19.4 Å². The molecule has 0 amide bonds. The number of ether oxygens (including phenoxy) is 2. The number of hydrogen-bond donors (Lipinski definition) is 1. The third kappa shape index (κ3) is 4.09. The fourth-order valence-corrected chi connectivity index (χ4v) is 6.30. The summed E-state index contributed by atoms with van der Waals surface area (Å²) in [6.07, 6.45) is 2.02. The number of rotatable bonds is 5. The third-order valence-corrected chi connectivity index (χ3v) is 8.22. The summed E-state index contributed by atoms with van der Waals surface area (Å²) in [5, 5.41) is 2.25. The minimum absolute atomic E-state index is 0.644. The van der Waals surface area contributed by atoms with E-state index in [1.807, 2.05) is 12.3 Å². The molecule has 6 heterocycles. The summed E-state index contributed by atoms with van der Waals surface area (Å²) in [5.74, 6) is 1.68. The Hall–Kier alpha value is -2.63. The van der Waals surface area contributed by atoms with Crippen molar-refractivity contribution in [2.24, 2.45) is 0 Å². The standard InChI is InChI=1S/C25H29N7O2S/c1-2-4-20-18(3-1)19(13-26-20)23-28-24(32-7-11-34-12-8-32)22-25(29-23)35-21(27-22)16-30-14-17(15-30)31-5-9-33-10-6-31/h1-4,13,17,26H,5-12,14-16H2. The van der Waals surface area contributed by atoms with Gasteiger partial charge in [-0.05, 0) is 6.07 Å². The first-order chi connectivity index (χ1) is 17.3. The summed E-state index contributed by atoms with van der Waals surface area (Å²) in [5.41, 5.74) is 3.04. The fourth-order valence-electron chi connectivity index (χ4n) is 5.33. The number of likely N-dealkylation sites (tertiary alicyclic amines) is 1. The monoisotopic (exact) mass is 491 g/mol. The van der Waals surface area contributed by atoms with Crippen molar-refractivity contribution in [3.63, 3.8) is 0 Å². The van der Waals surface area contributed by atoms with Gasteiger partial charge in [0, 0.05) is 68.0 Å². The molecule has 0 saturated carbocycles. The molecule has 0 spiro atoms. The first-order valence-electron chi connectivity index (χ1n) is 12.4. The molecule has 0 aliphatic carbocycles. The van der Waals surface area contributed by atoms with Gasteiger partial charge in [-0.1, -0.05) is 29.5 Å². The van der Waals surface area contributed by atoms with Crippen LogP contribution >= 0.6 is 11.3 Å². The quantitative estimate of drug-likeness (QED) is 0.456. The predicted molar refractivity (Wildman–Crippen MR) is 137 cm³/mol. The van der Waals surface area contributed by atoms with Crippen LogP contribution in [0.15, 0.2) is 30.5 Å². The number of benzene rings is 1. The minimum atomic E-state index is 0.644. The van der Waals surface area contributed by atoms with Crippen LogP contribution in [-0.2, 0) is 16.0 Å². The first-order valence-corrected chi connectivity index (χ1v) is 13.2. The minimum Gasteiger partial charge on any atom is -0.379 e. The molecular weight excluding hydrogens is 462 g/mol. The number of H-pyrrole nitrogens is 1. The van der Waals surface area contributed by atoms with Crippen LogP contribution < -0.4 is 4.90 Å². The van der Waals surface area contributed by atoms with Crippen LogP contribution in [0.3, 0.4) is 0 Å². The van der Waals surface area contributed by atoms with E-state index >= 15 is 0 Å². The van der Waals surface area contributed by atoms with E-state index in [1.165, 1.54) is 0 Å². The highest BCUT2D eigenvalue weighted by Crippen LogP contribution is 2.34. The van der Waals surface area contributed by atoms with E-state index in [4.69, 9.17) is 24.4 Å². The fraction of sp³-hybridized carbons (Fsp3) is 0.480. The van der Waals surface area contributed by atoms with Crippen molar-refractivity contribution >= 4 is 38.4 Å². The topological polar surface area (TPSA) is 82.6 Å². The van der Waals surface area contributed by atoms with Gasteiger partial charge in [-0.2, -0.15) is 0 Å². The van der Waals surface area contributed by atoms with E-state index in [0.29, 0.717) is 19.3 Å². The average Bonchev–Trinajstić information content (AvgIpc) is 3.50. The molecular formula is C25H29N7O2S. The second-order valence-corrected chi connectivity index (χ2v) is 10.5.